The zero-order valence-corrected chi connectivity index (χ0v) is 17.2. The molecule has 3 rings (SSSR count). The third-order valence-electron chi connectivity index (χ3n) is 6.22. The van der Waals surface area contributed by atoms with E-state index in [0.717, 1.165) is 65.0 Å². The van der Waals surface area contributed by atoms with E-state index in [1.165, 1.54) is 5.56 Å². The maximum atomic E-state index is 12.5. The lowest BCUT2D eigenvalue weighted by atomic mass is 9.99. The Labute approximate surface area is 169 Å². The number of carbonyl (C=O) groups is 1. The van der Waals surface area contributed by atoms with Crippen LogP contribution in [0.3, 0.4) is 0 Å². The fourth-order valence-corrected chi connectivity index (χ4v) is 4.45. The smallest absolute Gasteiger partial charge is 0.317 e. The van der Waals surface area contributed by atoms with E-state index in [0.29, 0.717) is 18.5 Å². The lowest BCUT2D eigenvalue weighted by molar-refractivity contribution is 0.117. The second-order valence-electron chi connectivity index (χ2n) is 8.34. The van der Waals surface area contributed by atoms with Gasteiger partial charge < -0.3 is 20.2 Å². The van der Waals surface area contributed by atoms with Crippen LogP contribution in [0.5, 0.6) is 0 Å². The van der Waals surface area contributed by atoms with Crippen LogP contribution in [0.25, 0.3) is 0 Å². The normalized spacial score (nSPS) is 21.8. The summed E-state index contributed by atoms with van der Waals surface area (Å²) < 4.78 is 0. The third kappa shape index (κ3) is 6.19. The van der Waals surface area contributed by atoms with E-state index in [1.54, 1.807) is 0 Å². The van der Waals surface area contributed by atoms with Crippen molar-refractivity contribution in [1.82, 2.24) is 20.0 Å². The molecule has 1 aromatic carbocycles. The van der Waals surface area contributed by atoms with Crippen molar-refractivity contribution in [2.45, 2.75) is 38.3 Å². The minimum absolute atomic E-state index is 0.0693. The van der Waals surface area contributed by atoms with Crippen LogP contribution in [0, 0.1) is 5.92 Å². The first-order chi connectivity index (χ1) is 13.7. The van der Waals surface area contributed by atoms with Gasteiger partial charge in [0.2, 0.25) is 0 Å². The SMILES string of the molecule is CN(Cc1ccccc1)C1CCN(C(=O)NCCN2CCC[C@@H](CO)C2)CC1. The lowest BCUT2D eigenvalue weighted by Crippen LogP contribution is -2.50. The fraction of sp³-hybridized carbons (Fsp3) is 0.682. The summed E-state index contributed by atoms with van der Waals surface area (Å²) in [4.78, 5) is 19.2. The zero-order chi connectivity index (χ0) is 19.8. The molecule has 2 fully saturated rings. The standard InChI is InChI=1S/C22H36N4O2/c1-24(16-19-6-3-2-4-7-19)21-9-13-26(14-10-21)22(28)23-11-15-25-12-5-8-20(17-25)18-27/h2-4,6-7,20-21,27H,5,8-18H2,1H3,(H,23,28)/t20-/m1/s1. The number of aliphatic hydroxyl groups excluding tert-OH is 1. The van der Waals surface area contributed by atoms with Gasteiger partial charge in [-0.15, -0.1) is 0 Å². The molecule has 2 aliphatic rings. The van der Waals surface area contributed by atoms with Crippen LogP contribution in [0.15, 0.2) is 30.3 Å². The van der Waals surface area contributed by atoms with E-state index in [9.17, 15) is 9.90 Å². The van der Waals surface area contributed by atoms with Crippen LogP contribution >= 0.6 is 0 Å². The van der Waals surface area contributed by atoms with Crippen molar-refractivity contribution in [2.75, 3.05) is 52.9 Å². The first kappa shape index (κ1) is 21.1. The molecule has 6 heteroatoms. The molecule has 2 amide bonds. The van der Waals surface area contributed by atoms with Crippen LogP contribution in [0.4, 0.5) is 4.79 Å². The number of piperidine rings is 2. The number of likely N-dealkylation sites (tertiary alicyclic amines) is 2. The van der Waals surface area contributed by atoms with Gasteiger partial charge in [0, 0.05) is 51.9 Å². The zero-order valence-electron chi connectivity index (χ0n) is 17.2. The number of aliphatic hydroxyl groups is 1. The largest absolute Gasteiger partial charge is 0.396 e. The summed E-state index contributed by atoms with van der Waals surface area (Å²) in [6.07, 6.45) is 4.32. The van der Waals surface area contributed by atoms with Crippen molar-refractivity contribution < 1.29 is 9.90 Å². The number of nitrogens with zero attached hydrogens (tertiary/aromatic N) is 3. The Bertz CT molecular complexity index is 589. The van der Waals surface area contributed by atoms with Gasteiger partial charge >= 0.3 is 6.03 Å². The first-order valence-corrected chi connectivity index (χ1v) is 10.8. The third-order valence-corrected chi connectivity index (χ3v) is 6.22. The highest BCUT2D eigenvalue weighted by Crippen LogP contribution is 2.18. The molecule has 0 radical (unpaired) electrons. The quantitative estimate of drug-likeness (QED) is 0.750. The first-order valence-electron chi connectivity index (χ1n) is 10.8. The molecule has 2 saturated heterocycles. The predicted octanol–water partition coefficient (Wildman–Crippen LogP) is 2.00. The monoisotopic (exact) mass is 388 g/mol. The summed E-state index contributed by atoms with van der Waals surface area (Å²) >= 11 is 0. The number of hydrogen-bond acceptors (Lipinski definition) is 4. The number of hydrogen-bond donors (Lipinski definition) is 2. The molecule has 28 heavy (non-hydrogen) atoms. The molecule has 156 valence electrons. The molecule has 0 aromatic heterocycles. The predicted molar refractivity (Wildman–Crippen MR) is 112 cm³/mol. The Hall–Kier alpha value is -1.63. The number of carbonyl (C=O) groups excluding carboxylic acids is 1. The van der Waals surface area contributed by atoms with Gasteiger partial charge in [0.15, 0.2) is 0 Å². The Balaban J connectivity index is 1.33. The minimum Gasteiger partial charge on any atom is -0.396 e. The lowest BCUT2D eigenvalue weighted by Gasteiger charge is -2.37. The molecular formula is C22H36N4O2. The van der Waals surface area contributed by atoms with E-state index < -0.39 is 0 Å². The fourth-order valence-electron chi connectivity index (χ4n) is 4.45. The van der Waals surface area contributed by atoms with Gasteiger partial charge in [-0.25, -0.2) is 4.79 Å². The summed E-state index contributed by atoms with van der Waals surface area (Å²) in [5.74, 6) is 0.399. The molecule has 0 aliphatic carbocycles. The van der Waals surface area contributed by atoms with Gasteiger partial charge in [0.1, 0.15) is 0 Å². The molecule has 0 unspecified atom stereocenters. The van der Waals surface area contributed by atoms with Gasteiger partial charge in [-0.05, 0) is 50.8 Å². The van der Waals surface area contributed by atoms with E-state index in [4.69, 9.17) is 0 Å². The van der Waals surface area contributed by atoms with Gasteiger partial charge in [-0.3, -0.25) is 4.90 Å². The molecule has 1 atom stereocenters. The van der Waals surface area contributed by atoms with Crippen molar-refractivity contribution >= 4 is 6.03 Å². The van der Waals surface area contributed by atoms with Gasteiger partial charge in [-0.2, -0.15) is 0 Å². The van der Waals surface area contributed by atoms with Crippen LogP contribution in [0.1, 0.15) is 31.2 Å². The summed E-state index contributed by atoms with van der Waals surface area (Å²) in [6.45, 7) is 6.47. The van der Waals surface area contributed by atoms with Crippen molar-refractivity contribution in [3.8, 4) is 0 Å². The molecule has 2 N–H and O–H groups in total. The number of benzene rings is 1. The molecule has 6 nitrogen and oxygen atoms in total. The highest BCUT2D eigenvalue weighted by Gasteiger charge is 2.25. The maximum Gasteiger partial charge on any atom is 0.317 e. The van der Waals surface area contributed by atoms with Gasteiger partial charge in [-0.1, -0.05) is 30.3 Å². The van der Waals surface area contributed by atoms with E-state index in [1.807, 2.05) is 4.90 Å². The molecular weight excluding hydrogens is 352 g/mol. The molecule has 2 aliphatic heterocycles. The van der Waals surface area contributed by atoms with Gasteiger partial charge in [0.05, 0.1) is 0 Å². The van der Waals surface area contributed by atoms with Crippen LogP contribution in [-0.2, 0) is 6.54 Å². The van der Waals surface area contributed by atoms with E-state index in [2.05, 4.69) is 52.5 Å². The van der Waals surface area contributed by atoms with Crippen molar-refractivity contribution in [1.29, 1.82) is 0 Å². The second kappa shape index (κ2) is 10.8. The molecule has 0 spiro atoms. The van der Waals surface area contributed by atoms with Gasteiger partial charge in [0.25, 0.3) is 0 Å². The average molecular weight is 389 g/mol. The summed E-state index contributed by atoms with van der Waals surface area (Å²) in [5.41, 5.74) is 1.34. The highest BCUT2D eigenvalue weighted by atomic mass is 16.3. The Morgan fingerprint density at radius 2 is 1.93 bits per heavy atom. The highest BCUT2D eigenvalue weighted by molar-refractivity contribution is 5.74. The second-order valence-corrected chi connectivity index (χ2v) is 8.34. The number of rotatable bonds is 7. The van der Waals surface area contributed by atoms with Crippen LogP contribution in [-0.4, -0.2) is 84.8 Å². The number of nitrogens with one attached hydrogen (secondary N) is 1. The van der Waals surface area contributed by atoms with Crippen molar-refractivity contribution in [3.63, 3.8) is 0 Å². The van der Waals surface area contributed by atoms with E-state index in [-0.39, 0.29) is 12.6 Å². The summed E-state index contributed by atoms with van der Waals surface area (Å²) in [6, 6.07) is 11.2. The Morgan fingerprint density at radius 3 is 2.64 bits per heavy atom. The maximum absolute atomic E-state index is 12.5. The van der Waals surface area contributed by atoms with Crippen molar-refractivity contribution in [2.24, 2.45) is 5.92 Å². The summed E-state index contributed by atoms with van der Waals surface area (Å²) in [7, 11) is 2.19. The Morgan fingerprint density at radius 1 is 1.18 bits per heavy atom. The molecule has 0 saturated carbocycles. The van der Waals surface area contributed by atoms with Crippen LogP contribution in [0.2, 0.25) is 0 Å². The number of urea groups is 1. The van der Waals surface area contributed by atoms with Crippen molar-refractivity contribution in [3.05, 3.63) is 35.9 Å². The average Bonchev–Trinajstić information content (AvgIpc) is 2.74. The summed E-state index contributed by atoms with van der Waals surface area (Å²) in [5, 5.41) is 12.4. The Kier molecular flexibility index (Phi) is 8.13. The van der Waals surface area contributed by atoms with E-state index >= 15 is 0 Å². The number of amides is 2. The minimum atomic E-state index is 0.0693. The van der Waals surface area contributed by atoms with Crippen LogP contribution < -0.4 is 5.32 Å². The topological polar surface area (TPSA) is 59.0 Å². The molecule has 2 heterocycles. The molecule has 1 aromatic rings. The molecule has 0 bridgehead atoms.